The van der Waals surface area contributed by atoms with Crippen LogP contribution in [0.25, 0.3) is 0 Å². The van der Waals surface area contributed by atoms with E-state index >= 15 is 0 Å². The van der Waals surface area contributed by atoms with Crippen molar-refractivity contribution in [3.8, 4) is 0 Å². The standard InChI is InChI=1S/C8H16ClNO/c1-8(2,7-11)6-10-5-3-4-9/h3-4,10-11H,5-7H2,1-2H3/b4-3+. The fourth-order valence-corrected chi connectivity index (χ4v) is 0.683. The third kappa shape index (κ3) is 6.35. The Bertz CT molecular complexity index is 123. The van der Waals surface area contributed by atoms with E-state index in [0.717, 1.165) is 13.1 Å². The predicted octanol–water partition coefficient (Wildman–Crippen LogP) is 1.35. The van der Waals surface area contributed by atoms with E-state index in [2.05, 4.69) is 5.32 Å². The maximum Gasteiger partial charge on any atom is 0.0494 e. The minimum Gasteiger partial charge on any atom is -0.396 e. The minimum atomic E-state index is -0.0415. The van der Waals surface area contributed by atoms with Crippen molar-refractivity contribution in [2.45, 2.75) is 13.8 Å². The molecule has 0 bridgehead atoms. The molecule has 2 nitrogen and oxygen atoms in total. The van der Waals surface area contributed by atoms with Gasteiger partial charge in [-0.15, -0.1) is 0 Å². The highest BCUT2D eigenvalue weighted by Crippen LogP contribution is 2.10. The van der Waals surface area contributed by atoms with Crippen molar-refractivity contribution in [3.05, 3.63) is 11.6 Å². The summed E-state index contributed by atoms with van der Waals surface area (Å²) in [5.41, 5.74) is 1.44. The molecule has 0 radical (unpaired) electrons. The lowest BCUT2D eigenvalue weighted by molar-refractivity contribution is 0.158. The number of aliphatic hydroxyl groups is 1. The topological polar surface area (TPSA) is 32.3 Å². The molecule has 0 aliphatic carbocycles. The lowest BCUT2D eigenvalue weighted by Gasteiger charge is -2.21. The van der Waals surface area contributed by atoms with Crippen LogP contribution in [-0.2, 0) is 0 Å². The molecule has 0 fully saturated rings. The molecule has 0 amide bonds. The Labute approximate surface area is 73.3 Å². The first-order chi connectivity index (χ1) is 5.12. The molecule has 3 heteroatoms. The molecule has 0 aromatic carbocycles. The molecular weight excluding hydrogens is 162 g/mol. The summed E-state index contributed by atoms with van der Waals surface area (Å²) < 4.78 is 0. The van der Waals surface area contributed by atoms with Gasteiger partial charge in [0.15, 0.2) is 0 Å². The number of rotatable bonds is 5. The highest BCUT2D eigenvalue weighted by Gasteiger charge is 2.14. The molecule has 2 N–H and O–H groups in total. The molecule has 0 heterocycles. The summed E-state index contributed by atoms with van der Waals surface area (Å²) in [6.07, 6.45) is 1.83. The highest BCUT2D eigenvalue weighted by molar-refractivity contribution is 6.25. The molecule has 0 aromatic heterocycles. The number of aliphatic hydroxyl groups excluding tert-OH is 1. The highest BCUT2D eigenvalue weighted by atomic mass is 35.5. The van der Waals surface area contributed by atoms with Gasteiger partial charge in [-0.3, -0.25) is 0 Å². The summed E-state index contributed by atoms with van der Waals surface area (Å²) in [6.45, 7) is 5.76. The van der Waals surface area contributed by atoms with Crippen LogP contribution in [0.3, 0.4) is 0 Å². The molecule has 0 spiro atoms. The molecule has 0 rings (SSSR count). The van der Waals surface area contributed by atoms with E-state index in [1.54, 1.807) is 0 Å². The first-order valence-electron chi connectivity index (χ1n) is 3.69. The van der Waals surface area contributed by atoms with E-state index in [-0.39, 0.29) is 12.0 Å². The number of halogens is 1. The third-order valence-electron chi connectivity index (χ3n) is 1.38. The summed E-state index contributed by atoms with van der Waals surface area (Å²) in [4.78, 5) is 0. The predicted molar refractivity (Wildman–Crippen MR) is 48.7 cm³/mol. The van der Waals surface area contributed by atoms with Gasteiger partial charge in [-0.1, -0.05) is 31.5 Å². The normalized spacial score (nSPS) is 12.7. The van der Waals surface area contributed by atoms with Crippen LogP contribution in [0.4, 0.5) is 0 Å². The van der Waals surface area contributed by atoms with Gasteiger partial charge in [0, 0.05) is 30.6 Å². The van der Waals surface area contributed by atoms with Crippen LogP contribution in [-0.4, -0.2) is 24.8 Å². The van der Waals surface area contributed by atoms with Crippen LogP contribution in [0, 0.1) is 5.41 Å². The molecule has 0 aliphatic rings. The molecule has 0 aliphatic heterocycles. The molecule has 0 atom stereocenters. The first-order valence-corrected chi connectivity index (χ1v) is 4.13. The Morgan fingerprint density at radius 3 is 2.64 bits per heavy atom. The minimum absolute atomic E-state index is 0.0415. The zero-order valence-electron chi connectivity index (χ0n) is 7.10. The second-order valence-electron chi connectivity index (χ2n) is 3.31. The van der Waals surface area contributed by atoms with Crippen LogP contribution < -0.4 is 5.32 Å². The van der Waals surface area contributed by atoms with Gasteiger partial charge in [0.2, 0.25) is 0 Å². The number of hydrogen-bond acceptors (Lipinski definition) is 2. The van der Waals surface area contributed by atoms with Crippen molar-refractivity contribution in [1.82, 2.24) is 5.32 Å². The van der Waals surface area contributed by atoms with Crippen molar-refractivity contribution in [1.29, 1.82) is 0 Å². The second-order valence-corrected chi connectivity index (χ2v) is 3.57. The van der Waals surface area contributed by atoms with Crippen LogP contribution in [0.5, 0.6) is 0 Å². The molecule has 0 aromatic rings. The maximum atomic E-state index is 8.87. The zero-order valence-corrected chi connectivity index (χ0v) is 7.86. The molecule has 0 saturated carbocycles. The van der Waals surface area contributed by atoms with Crippen molar-refractivity contribution in [2.75, 3.05) is 19.7 Å². The Balaban J connectivity index is 3.37. The van der Waals surface area contributed by atoms with Gasteiger partial charge in [-0.25, -0.2) is 0 Å². The van der Waals surface area contributed by atoms with Crippen molar-refractivity contribution < 1.29 is 5.11 Å². The zero-order chi connectivity index (χ0) is 8.74. The smallest absolute Gasteiger partial charge is 0.0494 e. The number of nitrogens with one attached hydrogen (secondary N) is 1. The molecule has 11 heavy (non-hydrogen) atoms. The summed E-state index contributed by atoms with van der Waals surface area (Å²) in [6, 6.07) is 0. The molecule has 66 valence electrons. The number of hydrogen-bond donors (Lipinski definition) is 2. The van der Waals surface area contributed by atoms with Crippen molar-refractivity contribution in [2.24, 2.45) is 5.41 Å². The van der Waals surface area contributed by atoms with E-state index in [9.17, 15) is 0 Å². The van der Waals surface area contributed by atoms with E-state index in [0.29, 0.717) is 0 Å². The fourth-order valence-electron chi connectivity index (χ4n) is 0.594. The monoisotopic (exact) mass is 177 g/mol. The summed E-state index contributed by atoms with van der Waals surface area (Å²) in [5.74, 6) is 0. The van der Waals surface area contributed by atoms with Gasteiger partial charge in [0.25, 0.3) is 0 Å². The quantitative estimate of drug-likeness (QED) is 0.622. The van der Waals surface area contributed by atoms with Crippen LogP contribution in [0.2, 0.25) is 0 Å². The van der Waals surface area contributed by atoms with Gasteiger partial charge >= 0.3 is 0 Å². The Hall–Kier alpha value is -0.0500. The SMILES string of the molecule is CC(C)(CO)CNC/C=C/Cl. The Morgan fingerprint density at radius 1 is 1.55 bits per heavy atom. The van der Waals surface area contributed by atoms with Gasteiger partial charge in [-0.05, 0) is 0 Å². The second kappa shape index (κ2) is 5.58. The third-order valence-corrected chi connectivity index (χ3v) is 1.56. The molecule has 0 unspecified atom stereocenters. The lowest BCUT2D eigenvalue weighted by Crippen LogP contribution is -2.32. The lowest BCUT2D eigenvalue weighted by atomic mass is 9.95. The first kappa shape index (κ1) is 11.0. The summed E-state index contributed by atoms with van der Waals surface area (Å²) in [5, 5.41) is 12.0. The van der Waals surface area contributed by atoms with Crippen LogP contribution in [0.1, 0.15) is 13.8 Å². The van der Waals surface area contributed by atoms with Gasteiger partial charge < -0.3 is 10.4 Å². The Morgan fingerprint density at radius 2 is 2.18 bits per heavy atom. The van der Waals surface area contributed by atoms with Gasteiger partial charge in [-0.2, -0.15) is 0 Å². The summed E-state index contributed by atoms with van der Waals surface area (Å²) in [7, 11) is 0. The largest absolute Gasteiger partial charge is 0.396 e. The maximum absolute atomic E-state index is 8.87. The van der Waals surface area contributed by atoms with E-state index < -0.39 is 0 Å². The molecular formula is C8H16ClNO. The summed E-state index contributed by atoms with van der Waals surface area (Å²) >= 11 is 5.32. The molecule has 0 saturated heterocycles. The van der Waals surface area contributed by atoms with Crippen molar-refractivity contribution in [3.63, 3.8) is 0 Å². The average molecular weight is 178 g/mol. The van der Waals surface area contributed by atoms with E-state index in [1.807, 2.05) is 19.9 Å². The van der Waals surface area contributed by atoms with Crippen LogP contribution in [0.15, 0.2) is 11.6 Å². The van der Waals surface area contributed by atoms with Gasteiger partial charge in [0.05, 0.1) is 0 Å². The van der Waals surface area contributed by atoms with Crippen LogP contribution >= 0.6 is 11.6 Å². The fraction of sp³-hybridized carbons (Fsp3) is 0.750. The Kier molecular flexibility index (Phi) is 5.56. The van der Waals surface area contributed by atoms with E-state index in [1.165, 1.54) is 5.54 Å². The van der Waals surface area contributed by atoms with E-state index in [4.69, 9.17) is 16.7 Å². The average Bonchev–Trinajstić information content (AvgIpc) is 1.99. The van der Waals surface area contributed by atoms with Gasteiger partial charge in [0.1, 0.15) is 0 Å². The van der Waals surface area contributed by atoms with Crippen molar-refractivity contribution >= 4 is 11.6 Å².